The van der Waals surface area contributed by atoms with Gasteiger partial charge in [-0.15, -0.1) is 0 Å². The van der Waals surface area contributed by atoms with Crippen molar-refractivity contribution in [2.75, 3.05) is 44.6 Å². The second-order valence-corrected chi connectivity index (χ2v) is 7.08. The van der Waals surface area contributed by atoms with Crippen LogP contribution in [0.5, 0.6) is 0 Å². The van der Waals surface area contributed by atoms with E-state index in [9.17, 15) is 4.79 Å². The quantitative estimate of drug-likeness (QED) is 0.843. The van der Waals surface area contributed by atoms with Crippen molar-refractivity contribution in [1.29, 1.82) is 0 Å². The van der Waals surface area contributed by atoms with Crippen LogP contribution in [0.25, 0.3) is 0 Å². The van der Waals surface area contributed by atoms with Crippen LogP contribution in [0.3, 0.4) is 0 Å². The van der Waals surface area contributed by atoms with Crippen molar-refractivity contribution in [3.05, 3.63) is 17.6 Å². The number of aryl methyl sites for hydroxylation is 1. The molecule has 2 saturated heterocycles. The molecule has 1 aromatic heterocycles. The number of aromatic nitrogens is 2. The molecule has 0 saturated carbocycles. The third kappa shape index (κ3) is 4.67. The first-order valence-corrected chi connectivity index (χ1v) is 9.26. The molecule has 3 rings (SSSR count). The van der Waals surface area contributed by atoms with Crippen LogP contribution < -0.4 is 5.32 Å². The van der Waals surface area contributed by atoms with Gasteiger partial charge in [0.15, 0.2) is 0 Å². The fraction of sp³-hybridized carbons (Fsp3) is 0.722. The van der Waals surface area contributed by atoms with Gasteiger partial charge < -0.3 is 15.0 Å². The van der Waals surface area contributed by atoms with Crippen LogP contribution in [0.1, 0.15) is 44.3 Å². The molecule has 2 aliphatic rings. The molecule has 2 fully saturated rings. The highest BCUT2D eigenvalue weighted by atomic mass is 16.5. The fourth-order valence-corrected chi connectivity index (χ4v) is 3.42. The van der Waals surface area contributed by atoms with Gasteiger partial charge in [-0.1, -0.05) is 0 Å². The van der Waals surface area contributed by atoms with Crippen molar-refractivity contribution < 1.29 is 9.53 Å². The third-order valence-electron chi connectivity index (χ3n) is 4.88. The minimum atomic E-state index is -0.0152. The van der Waals surface area contributed by atoms with Crippen LogP contribution in [-0.4, -0.2) is 71.0 Å². The molecule has 1 N–H and O–H groups in total. The summed E-state index contributed by atoms with van der Waals surface area (Å²) in [4.78, 5) is 25.0. The largest absolute Gasteiger partial charge is 0.369 e. The van der Waals surface area contributed by atoms with Crippen molar-refractivity contribution in [2.45, 2.75) is 45.8 Å². The van der Waals surface area contributed by atoms with Gasteiger partial charge in [-0.25, -0.2) is 9.97 Å². The zero-order valence-electron chi connectivity index (χ0n) is 15.5. The molecule has 0 aromatic carbocycles. The first kappa shape index (κ1) is 18.1. The van der Waals surface area contributed by atoms with E-state index >= 15 is 0 Å². The molecule has 1 atom stereocenters. The smallest absolute Gasteiger partial charge is 0.222 e. The number of rotatable bonds is 6. The SMILES string of the molecule is Cc1nc(NCCN2CCCC2=O)cc(C2CN(C(C)C)CCO2)n1. The Kier molecular flexibility index (Phi) is 5.86. The molecular formula is C18H29N5O2. The summed E-state index contributed by atoms with van der Waals surface area (Å²) in [5.74, 6) is 1.80. The molecule has 3 heterocycles. The van der Waals surface area contributed by atoms with E-state index in [-0.39, 0.29) is 12.0 Å². The summed E-state index contributed by atoms with van der Waals surface area (Å²) in [7, 11) is 0. The Labute approximate surface area is 149 Å². The number of carbonyl (C=O) groups excluding carboxylic acids is 1. The third-order valence-corrected chi connectivity index (χ3v) is 4.88. The second-order valence-electron chi connectivity index (χ2n) is 7.08. The Balaban J connectivity index is 1.61. The number of morpholine rings is 1. The number of anilines is 1. The zero-order chi connectivity index (χ0) is 17.8. The topological polar surface area (TPSA) is 70.6 Å². The molecule has 0 spiro atoms. The first-order chi connectivity index (χ1) is 12.0. The molecule has 0 aliphatic carbocycles. The van der Waals surface area contributed by atoms with E-state index in [4.69, 9.17) is 4.74 Å². The Morgan fingerprint density at radius 2 is 2.20 bits per heavy atom. The minimum Gasteiger partial charge on any atom is -0.369 e. The minimum absolute atomic E-state index is 0.0152. The van der Waals surface area contributed by atoms with Gasteiger partial charge in [-0.3, -0.25) is 9.69 Å². The van der Waals surface area contributed by atoms with E-state index in [0.29, 0.717) is 19.0 Å². The van der Waals surface area contributed by atoms with Gasteiger partial charge in [0.2, 0.25) is 5.91 Å². The summed E-state index contributed by atoms with van der Waals surface area (Å²) >= 11 is 0. The van der Waals surface area contributed by atoms with Gasteiger partial charge >= 0.3 is 0 Å². The molecule has 0 radical (unpaired) electrons. The molecule has 25 heavy (non-hydrogen) atoms. The lowest BCUT2D eigenvalue weighted by Crippen LogP contribution is -2.42. The number of hydrogen-bond donors (Lipinski definition) is 1. The van der Waals surface area contributed by atoms with Crippen molar-refractivity contribution in [3.63, 3.8) is 0 Å². The van der Waals surface area contributed by atoms with Gasteiger partial charge in [0.05, 0.1) is 12.3 Å². The van der Waals surface area contributed by atoms with Gasteiger partial charge in [-0.05, 0) is 27.2 Å². The van der Waals surface area contributed by atoms with Crippen LogP contribution in [0.4, 0.5) is 5.82 Å². The molecule has 7 nitrogen and oxygen atoms in total. The van der Waals surface area contributed by atoms with Crippen molar-refractivity contribution in [3.8, 4) is 0 Å². The highest BCUT2D eigenvalue weighted by Gasteiger charge is 2.25. The van der Waals surface area contributed by atoms with Gasteiger partial charge in [0.1, 0.15) is 17.7 Å². The molecule has 7 heteroatoms. The molecule has 1 amide bonds. The fourth-order valence-electron chi connectivity index (χ4n) is 3.42. The lowest BCUT2D eigenvalue weighted by atomic mass is 10.1. The van der Waals surface area contributed by atoms with E-state index in [1.807, 2.05) is 17.9 Å². The summed E-state index contributed by atoms with van der Waals surface area (Å²) in [6.45, 7) is 11.2. The second kappa shape index (κ2) is 8.10. The number of likely N-dealkylation sites (tertiary alicyclic amines) is 1. The maximum atomic E-state index is 11.7. The lowest BCUT2D eigenvalue weighted by molar-refractivity contribution is -0.127. The summed E-state index contributed by atoms with van der Waals surface area (Å²) in [5.41, 5.74) is 0.928. The average Bonchev–Trinajstić information content (AvgIpc) is 3.00. The maximum absolute atomic E-state index is 11.7. The number of nitrogens with zero attached hydrogens (tertiary/aromatic N) is 4. The number of hydrogen-bond acceptors (Lipinski definition) is 6. The van der Waals surface area contributed by atoms with Crippen molar-refractivity contribution >= 4 is 11.7 Å². The number of amides is 1. The predicted octanol–water partition coefficient (Wildman–Crippen LogP) is 1.60. The van der Waals surface area contributed by atoms with Crippen LogP contribution >= 0.6 is 0 Å². The summed E-state index contributed by atoms with van der Waals surface area (Å²) in [5, 5.41) is 3.33. The van der Waals surface area contributed by atoms with Gasteiger partial charge in [0, 0.05) is 51.3 Å². The van der Waals surface area contributed by atoms with E-state index in [2.05, 4.69) is 34.0 Å². The molecule has 1 unspecified atom stereocenters. The number of nitrogens with one attached hydrogen (secondary N) is 1. The highest BCUT2D eigenvalue weighted by Crippen LogP contribution is 2.23. The zero-order valence-corrected chi connectivity index (χ0v) is 15.5. The molecule has 1 aromatic rings. The normalized spacial score (nSPS) is 22.0. The number of carbonyl (C=O) groups is 1. The molecule has 138 valence electrons. The van der Waals surface area contributed by atoms with Gasteiger partial charge in [0.25, 0.3) is 0 Å². The van der Waals surface area contributed by atoms with E-state index < -0.39 is 0 Å². The average molecular weight is 347 g/mol. The summed E-state index contributed by atoms with van der Waals surface area (Å²) in [6.07, 6.45) is 1.64. The molecule has 0 bridgehead atoms. The number of ether oxygens (including phenoxy) is 1. The first-order valence-electron chi connectivity index (χ1n) is 9.26. The predicted molar refractivity (Wildman–Crippen MR) is 96.5 cm³/mol. The van der Waals surface area contributed by atoms with Gasteiger partial charge in [-0.2, -0.15) is 0 Å². The van der Waals surface area contributed by atoms with Crippen LogP contribution in [0.15, 0.2) is 6.07 Å². The van der Waals surface area contributed by atoms with Crippen molar-refractivity contribution in [1.82, 2.24) is 19.8 Å². The van der Waals surface area contributed by atoms with E-state index in [0.717, 1.165) is 56.5 Å². The van der Waals surface area contributed by atoms with Crippen LogP contribution in [0, 0.1) is 6.92 Å². The molecule has 2 aliphatic heterocycles. The lowest BCUT2D eigenvalue weighted by Gasteiger charge is -2.35. The Morgan fingerprint density at radius 3 is 2.92 bits per heavy atom. The van der Waals surface area contributed by atoms with Crippen LogP contribution in [-0.2, 0) is 9.53 Å². The Hall–Kier alpha value is -1.73. The monoisotopic (exact) mass is 347 g/mol. The Morgan fingerprint density at radius 1 is 1.36 bits per heavy atom. The van der Waals surface area contributed by atoms with E-state index in [1.54, 1.807) is 0 Å². The van der Waals surface area contributed by atoms with E-state index in [1.165, 1.54) is 0 Å². The standard InChI is InChI=1S/C18H29N5O2/c1-13(2)23-9-10-25-16(12-23)15-11-17(21-14(3)20-15)19-6-8-22-7-4-5-18(22)24/h11,13,16H,4-10,12H2,1-3H3,(H,19,20,21). The van der Waals surface area contributed by atoms with Crippen molar-refractivity contribution in [2.24, 2.45) is 0 Å². The maximum Gasteiger partial charge on any atom is 0.222 e. The molecular weight excluding hydrogens is 318 g/mol. The highest BCUT2D eigenvalue weighted by molar-refractivity contribution is 5.78. The van der Waals surface area contributed by atoms with Crippen LogP contribution in [0.2, 0.25) is 0 Å². The summed E-state index contributed by atoms with van der Waals surface area (Å²) in [6, 6.07) is 2.48. The summed E-state index contributed by atoms with van der Waals surface area (Å²) < 4.78 is 5.94. The Bertz CT molecular complexity index is 607.